The second-order valence-corrected chi connectivity index (χ2v) is 6.17. The van der Waals surface area contributed by atoms with Crippen molar-refractivity contribution in [2.24, 2.45) is 0 Å². The summed E-state index contributed by atoms with van der Waals surface area (Å²) >= 11 is 1.20. The fourth-order valence-corrected chi connectivity index (χ4v) is 2.40. The topological polar surface area (TPSA) is 71.3 Å². The van der Waals surface area contributed by atoms with Crippen molar-refractivity contribution in [3.05, 3.63) is 20.2 Å². The highest BCUT2D eigenvalue weighted by molar-refractivity contribution is 7.09. The van der Waals surface area contributed by atoms with Crippen LogP contribution in [0.15, 0.2) is 4.79 Å². The lowest BCUT2D eigenvalue weighted by Crippen LogP contribution is -2.46. The molecule has 0 unspecified atom stereocenters. The van der Waals surface area contributed by atoms with Crippen molar-refractivity contribution in [3.8, 4) is 0 Å². The Bertz CT molecular complexity index is 488. The fourth-order valence-electron chi connectivity index (χ4n) is 1.54. The number of nitrogens with zero attached hydrogens (tertiary/aromatic N) is 1. The van der Waals surface area contributed by atoms with Crippen LogP contribution in [0.25, 0.3) is 0 Å². The van der Waals surface area contributed by atoms with E-state index in [0.717, 1.165) is 10.6 Å². The Morgan fingerprint density at radius 3 is 2.50 bits per heavy atom. The molecule has 0 aliphatic heterocycles. The first-order valence-corrected chi connectivity index (χ1v) is 6.67. The highest BCUT2D eigenvalue weighted by Crippen LogP contribution is 2.10. The van der Waals surface area contributed by atoms with Gasteiger partial charge in [-0.15, -0.1) is 0 Å². The number of carbonyl (C=O) groups is 1. The van der Waals surface area contributed by atoms with Gasteiger partial charge in [-0.2, -0.15) is 0 Å². The molecule has 18 heavy (non-hydrogen) atoms. The number of aliphatic hydroxyl groups excluding tert-OH is 1. The smallest absolute Gasteiger partial charge is 0.307 e. The zero-order chi connectivity index (χ0) is 13.9. The van der Waals surface area contributed by atoms with Crippen molar-refractivity contribution in [2.45, 2.75) is 46.2 Å². The van der Waals surface area contributed by atoms with Gasteiger partial charge in [-0.3, -0.25) is 9.59 Å². The number of thiazole rings is 1. The molecular formula is C12H20N2O3S. The summed E-state index contributed by atoms with van der Waals surface area (Å²) in [5.74, 6) is -0.163. The summed E-state index contributed by atoms with van der Waals surface area (Å²) in [4.78, 5) is 24.3. The first-order chi connectivity index (χ1) is 8.26. The summed E-state index contributed by atoms with van der Waals surface area (Å²) in [7, 11) is 0. The summed E-state index contributed by atoms with van der Waals surface area (Å²) in [6.45, 7) is 7.53. The van der Waals surface area contributed by atoms with E-state index in [1.807, 2.05) is 13.8 Å². The minimum atomic E-state index is -0.623. The van der Waals surface area contributed by atoms with Crippen LogP contribution < -0.4 is 10.2 Å². The summed E-state index contributed by atoms with van der Waals surface area (Å²) in [5.41, 5.74) is 0.293. The molecular weight excluding hydrogens is 252 g/mol. The fraction of sp³-hybridized carbons (Fsp3) is 0.667. The number of rotatable bonds is 5. The molecule has 6 heteroatoms. The number of hydrogen-bond donors (Lipinski definition) is 2. The number of amides is 1. The van der Waals surface area contributed by atoms with Gasteiger partial charge in [0, 0.05) is 23.5 Å². The Labute approximate surface area is 110 Å². The lowest BCUT2D eigenvalue weighted by Gasteiger charge is -2.23. The lowest BCUT2D eigenvalue weighted by molar-refractivity contribution is -0.123. The van der Waals surface area contributed by atoms with E-state index in [1.54, 1.807) is 18.4 Å². The van der Waals surface area contributed by atoms with Crippen molar-refractivity contribution in [1.82, 2.24) is 9.88 Å². The van der Waals surface area contributed by atoms with E-state index in [1.165, 1.54) is 11.3 Å². The molecule has 0 aliphatic rings. The van der Waals surface area contributed by atoms with Gasteiger partial charge in [-0.05, 0) is 27.7 Å². The molecule has 0 radical (unpaired) electrons. The van der Waals surface area contributed by atoms with Gasteiger partial charge < -0.3 is 15.0 Å². The molecule has 5 nitrogen and oxygen atoms in total. The second kappa shape index (κ2) is 5.67. The highest BCUT2D eigenvalue weighted by Gasteiger charge is 2.19. The predicted molar refractivity (Wildman–Crippen MR) is 72.0 cm³/mol. The average Bonchev–Trinajstić information content (AvgIpc) is 2.50. The molecule has 2 N–H and O–H groups in total. The monoisotopic (exact) mass is 272 g/mol. The molecule has 1 amide bonds. The Morgan fingerprint density at radius 2 is 2.06 bits per heavy atom. The molecule has 1 heterocycles. The number of aliphatic hydroxyl groups is 1. The molecule has 1 rings (SSSR count). The minimum absolute atomic E-state index is 0.0285. The van der Waals surface area contributed by atoms with Gasteiger partial charge in [0.25, 0.3) is 0 Å². The van der Waals surface area contributed by atoms with E-state index >= 15 is 0 Å². The Hall–Kier alpha value is -1.14. The first-order valence-electron chi connectivity index (χ1n) is 5.85. The maximum absolute atomic E-state index is 11.7. The minimum Gasteiger partial charge on any atom is -0.394 e. The third kappa shape index (κ3) is 3.68. The summed E-state index contributed by atoms with van der Waals surface area (Å²) < 4.78 is 1.62. The average molecular weight is 272 g/mol. The van der Waals surface area contributed by atoms with Crippen molar-refractivity contribution < 1.29 is 9.90 Å². The Balaban J connectivity index is 2.61. The van der Waals surface area contributed by atoms with Crippen LogP contribution in [-0.2, 0) is 11.3 Å². The Morgan fingerprint density at radius 1 is 1.44 bits per heavy atom. The molecule has 0 aliphatic carbocycles. The van der Waals surface area contributed by atoms with E-state index in [4.69, 9.17) is 5.11 Å². The standard InChI is InChI=1S/C12H20N2O3S/c1-8-9(2)18-11(17)14(8)6-5-10(16)13-12(3,4)7-15/h15H,5-7H2,1-4H3,(H,13,16). The van der Waals surface area contributed by atoms with Crippen molar-refractivity contribution >= 4 is 17.2 Å². The molecule has 0 fully saturated rings. The summed E-state index contributed by atoms with van der Waals surface area (Å²) in [6.07, 6.45) is 0.236. The molecule has 102 valence electrons. The van der Waals surface area contributed by atoms with Crippen molar-refractivity contribution in [3.63, 3.8) is 0 Å². The normalized spacial score (nSPS) is 11.6. The van der Waals surface area contributed by atoms with Crippen LogP contribution in [0.2, 0.25) is 0 Å². The quantitative estimate of drug-likeness (QED) is 0.833. The molecule has 1 aromatic heterocycles. The first kappa shape index (κ1) is 14.9. The second-order valence-electron chi connectivity index (χ2n) is 5.00. The van der Waals surface area contributed by atoms with Crippen LogP contribution in [0.5, 0.6) is 0 Å². The molecule has 0 aromatic carbocycles. The van der Waals surface area contributed by atoms with Crippen LogP contribution in [0.3, 0.4) is 0 Å². The van der Waals surface area contributed by atoms with Crippen molar-refractivity contribution in [2.75, 3.05) is 6.61 Å². The number of carbonyl (C=O) groups excluding carboxylic acids is 1. The van der Waals surface area contributed by atoms with Crippen LogP contribution in [-0.4, -0.2) is 27.7 Å². The Kier molecular flexibility index (Phi) is 4.70. The van der Waals surface area contributed by atoms with Crippen LogP contribution in [0, 0.1) is 13.8 Å². The largest absolute Gasteiger partial charge is 0.394 e. The maximum atomic E-state index is 11.7. The SMILES string of the molecule is Cc1sc(=O)n(CCC(=O)NC(C)(C)CO)c1C. The van der Waals surface area contributed by atoms with Gasteiger partial charge in [0.05, 0.1) is 12.1 Å². The van der Waals surface area contributed by atoms with Gasteiger partial charge >= 0.3 is 4.87 Å². The van der Waals surface area contributed by atoms with E-state index < -0.39 is 5.54 Å². The summed E-state index contributed by atoms with van der Waals surface area (Å²) in [5, 5.41) is 11.8. The van der Waals surface area contributed by atoms with E-state index in [9.17, 15) is 9.59 Å². The van der Waals surface area contributed by atoms with Gasteiger partial charge in [0.1, 0.15) is 0 Å². The molecule has 1 aromatic rings. The van der Waals surface area contributed by atoms with Crippen molar-refractivity contribution in [1.29, 1.82) is 0 Å². The van der Waals surface area contributed by atoms with Gasteiger partial charge in [0.15, 0.2) is 0 Å². The number of hydrogen-bond acceptors (Lipinski definition) is 4. The third-order valence-electron chi connectivity index (χ3n) is 2.81. The molecule has 0 spiro atoms. The third-order valence-corrected chi connectivity index (χ3v) is 3.81. The number of aromatic nitrogens is 1. The molecule has 0 bridgehead atoms. The van der Waals surface area contributed by atoms with Gasteiger partial charge in [0.2, 0.25) is 5.91 Å². The summed E-state index contributed by atoms with van der Waals surface area (Å²) in [6, 6.07) is 0. The van der Waals surface area contributed by atoms with E-state index in [0.29, 0.717) is 6.54 Å². The van der Waals surface area contributed by atoms with Crippen LogP contribution in [0.1, 0.15) is 30.8 Å². The molecule has 0 saturated carbocycles. The molecule has 0 atom stereocenters. The highest BCUT2D eigenvalue weighted by atomic mass is 32.1. The maximum Gasteiger partial charge on any atom is 0.307 e. The van der Waals surface area contributed by atoms with Crippen LogP contribution >= 0.6 is 11.3 Å². The number of nitrogens with one attached hydrogen (secondary N) is 1. The molecule has 0 saturated heterocycles. The van der Waals surface area contributed by atoms with Crippen LogP contribution in [0.4, 0.5) is 0 Å². The zero-order valence-electron chi connectivity index (χ0n) is 11.2. The van der Waals surface area contributed by atoms with E-state index in [2.05, 4.69) is 5.32 Å². The van der Waals surface area contributed by atoms with E-state index in [-0.39, 0.29) is 23.8 Å². The predicted octanol–water partition coefficient (Wildman–Crippen LogP) is 0.804. The lowest BCUT2D eigenvalue weighted by atomic mass is 10.1. The van der Waals surface area contributed by atoms with Gasteiger partial charge in [-0.25, -0.2) is 0 Å². The zero-order valence-corrected chi connectivity index (χ0v) is 12.1. The number of aryl methyl sites for hydroxylation is 1. The van der Waals surface area contributed by atoms with Gasteiger partial charge in [-0.1, -0.05) is 11.3 Å².